The Labute approximate surface area is 126 Å². The first-order chi connectivity index (χ1) is 10.1. The fraction of sp³-hybridized carbons (Fsp3) is 0.300. The number of terminal acetylenes is 1. The molecule has 0 bridgehead atoms. The van der Waals surface area contributed by atoms with Crippen molar-refractivity contribution >= 4 is 0 Å². The van der Waals surface area contributed by atoms with Crippen LogP contribution in [-0.2, 0) is 6.42 Å². The van der Waals surface area contributed by atoms with E-state index in [1.165, 1.54) is 33.4 Å². The van der Waals surface area contributed by atoms with E-state index < -0.39 is 6.10 Å². The van der Waals surface area contributed by atoms with Crippen molar-refractivity contribution in [2.45, 2.75) is 38.7 Å². The lowest BCUT2D eigenvalue weighted by Gasteiger charge is -2.32. The lowest BCUT2D eigenvalue weighted by molar-refractivity contribution is 0.160. The number of aliphatic hydroxyl groups excluding tert-OH is 1. The molecule has 1 heteroatoms. The summed E-state index contributed by atoms with van der Waals surface area (Å²) in [7, 11) is 0. The van der Waals surface area contributed by atoms with Gasteiger partial charge in [-0.1, -0.05) is 47.5 Å². The standard InChI is InChI=1S/C20H20O/c1-4-5-19(21)20-17-8-6-13(2)10-15(17)12-16-11-14(3)7-9-18(16)20/h1,6-11,19-21H,5,12H2,2-3H3. The first kappa shape index (κ1) is 13.9. The van der Waals surface area contributed by atoms with Gasteiger partial charge in [0.05, 0.1) is 6.10 Å². The van der Waals surface area contributed by atoms with Crippen LogP contribution < -0.4 is 0 Å². The molecule has 3 rings (SSSR count). The van der Waals surface area contributed by atoms with Gasteiger partial charge < -0.3 is 5.11 Å². The predicted molar refractivity (Wildman–Crippen MR) is 86.5 cm³/mol. The summed E-state index contributed by atoms with van der Waals surface area (Å²) in [5, 5.41) is 10.6. The molecule has 0 saturated carbocycles. The summed E-state index contributed by atoms with van der Waals surface area (Å²) in [5.74, 6) is 2.59. The van der Waals surface area contributed by atoms with E-state index >= 15 is 0 Å². The van der Waals surface area contributed by atoms with E-state index in [1.54, 1.807) is 0 Å². The third-order valence-corrected chi connectivity index (χ3v) is 4.36. The zero-order valence-corrected chi connectivity index (χ0v) is 12.6. The van der Waals surface area contributed by atoms with Gasteiger partial charge in [-0.25, -0.2) is 0 Å². The SMILES string of the molecule is C#CCC(O)C1c2ccc(C)cc2Cc2cc(C)ccc21. The average molecular weight is 276 g/mol. The molecule has 106 valence electrons. The Bertz CT molecular complexity index is 670. The lowest BCUT2D eigenvalue weighted by atomic mass is 9.74. The number of hydrogen-bond donors (Lipinski definition) is 1. The predicted octanol–water partition coefficient (Wildman–Crippen LogP) is 3.72. The minimum atomic E-state index is -0.529. The van der Waals surface area contributed by atoms with Crippen LogP contribution >= 0.6 is 0 Å². The highest BCUT2D eigenvalue weighted by atomic mass is 16.3. The van der Waals surface area contributed by atoms with Gasteiger partial charge in [0.25, 0.3) is 0 Å². The monoisotopic (exact) mass is 276 g/mol. The van der Waals surface area contributed by atoms with Gasteiger partial charge in [0.15, 0.2) is 0 Å². The van der Waals surface area contributed by atoms with E-state index in [2.05, 4.69) is 56.2 Å². The van der Waals surface area contributed by atoms with Gasteiger partial charge in [-0.3, -0.25) is 0 Å². The van der Waals surface area contributed by atoms with Crippen LogP contribution in [0.2, 0.25) is 0 Å². The fourth-order valence-corrected chi connectivity index (χ4v) is 3.41. The van der Waals surface area contributed by atoms with E-state index in [9.17, 15) is 5.11 Å². The molecule has 0 spiro atoms. The molecule has 1 N–H and O–H groups in total. The second-order valence-corrected chi connectivity index (χ2v) is 6.03. The number of rotatable bonds is 2. The summed E-state index contributed by atoms with van der Waals surface area (Å²) in [5.41, 5.74) is 7.59. The van der Waals surface area contributed by atoms with Crippen molar-refractivity contribution in [3.05, 3.63) is 69.8 Å². The van der Waals surface area contributed by atoms with Crippen LogP contribution in [0.3, 0.4) is 0 Å². The average Bonchev–Trinajstić information content (AvgIpc) is 2.44. The van der Waals surface area contributed by atoms with Crippen LogP contribution in [0.15, 0.2) is 36.4 Å². The van der Waals surface area contributed by atoms with Crippen molar-refractivity contribution in [1.29, 1.82) is 0 Å². The van der Waals surface area contributed by atoms with Crippen molar-refractivity contribution in [2.24, 2.45) is 0 Å². The normalized spacial score (nSPS) is 15.0. The third-order valence-electron chi connectivity index (χ3n) is 4.36. The summed E-state index contributed by atoms with van der Waals surface area (Å²) in [6.07, 6.45) is 6.20. The highest BCUT2D eigenvalue weighted by Gasteiger charge is 2.30. The van der Waals surface area contributed by atoms with E-state index in [4.69, 9.17) is 6.42 Å². The molecule has 1 unspecified atom stereocenters. The molecule has 0 heterocycles. The Morgan fingerprint density at radius 2 is 1.62 bits per heavy atom. The fourth-order valence-electron chi connectivity index (χ4n) is 3.41. The molecule has 1 aliphatic carbocycles. The summed E-state index contributed by atoms with van der Waals surface area (Å²) < 4.78 is 0. The molecule has 21 heavy (non-hydrogen) atoms. The van der Waals surface area contributed by atoms with Gasteiger partial charge in [0.2, 0.25) is 0 Å². The van der Waals surface area contributed by atoms with Crippen LogP contribution in [0.4, 0.5) is 0 Å². The molecule has 1 nitrogen and oxygen atoms in total. The van der Waals surface area contributed by atoms with Gasteiger partial charge in [0, 0.05) is 12.3 Å². The first-order valence-electron chi connectivity index (χ1n) is 7.40. The van der Waals surface area contributed by atoms with E-state index in [-0.39, 0.29) is 5.92 Å². The molecule has 2 aromatic rings. The van der Waals surface area contributed by atoms with Crippen molar-refractivity contribution < 1.29 is 5.11 Å². The van der Waals surface area contributed by atoms with Gasteiger partial charge in [-0.2, -0.15) is 0 Å². The summed E-state index contributed by atoms with van der Waals surface area (Å²) in [6.45, 7) is 4.22. The molecule has 0 saturated heterocycles. The smallest absolute Gasteiger partial charge is 0.0758 e. The molecule has 0 aliphatic heterocycles. The minimum Gasteiger partial charge on any atom is -0.391 e. The second-order valence-electron chi connectivity index (χ2n) is 6.03. The largest absolute Gasteiger partial charge is 0.391 e. The van der Waals surface area contributed by atoms with Crippen molar-refractivity contribution in [2.75, 3.05) is 0 Å². The maximum atomic E-state index is 10.6. The van der Waals surface area contributed by atoms with Crippen molar-refractivity contribution in [3.63, 3.8) is 0 Å². The van der Waals surface area contributed by atoms with Gasteiger partial charge in [0.1, 0.15) is 0 Å². The first-order valence-corrected chi connectivity index (χ1v) is 7.40. The number of fused-ring (bicyclic) bond motifs is 2. The van der Waals surface area contributed by atoms with Gasteiger partial charge in [-0.15, -0.1) is 12.3 Å². The Hall–Kier alpha value is -2.04. The minimum absolute atomic E-state index is 0.0130. The zero-order valence-electron chi connectivity index (χ0n) is 12.6. The van der Waals surface area contributed by atoms with Crippen LogP contribution in [0.25, 0.3) is 0 Å². The lowest BCUT2D eigenvalue weighted by Crippen LogP contribution is -2.25. The molecule has 0 amide bonds. The Kier molecular flexibility index (Phi) is 3.57. The van der Waals surface area contributed by atoms with Gasteiger partial charge >= 0.3 is 0 Å². The molecule has 2 aromatic carbocycles. The highest BCUT2D eigenvalue weighted by Crippen LogP contribution is 2.40. The quantitative estimate of drug-likeness (QED) is 0.829. The van der Waals surface area contributed by atoms with Crippen molar-refractivity contribution in [3.8, 4) is 12.3 Å². The highest BCUT2D eigenvalue weighted by molar-refractivity contribution is 5.52. The summed E-state index contributed by atoms with van der Waals surface area (Å²) >= 11 is 0. The number of aliphatic hydroxyl groups is 1. The molecular weight excluding hydrogens is 256 g/mol. The maximum absolute atomic E-state index is 10.6. The summed E-state index contributed by atoms with van der Waals surface area (Å²) in [4.78, 5) is 0. The number of aryl methyl sites for hydroxylation is 2. The molecule has 1 aliphatic rings. The van der Waals surface area contributed by atoms with Crippen LogP contribution in [-0.4, -0.2) is 11.2 Å². The Morgan fingerprint density at radius 3 is 2.10 bits per heavy atom. The number of benzene rings is 2. The van der Waals surface area contributed by atoms with Crippen LogP contribution in [0, 0.1) is 26.2 Å². The van der Waals surface area contributed by atoms with E-state index in [0.717, 1.165) is 6.42 Å². The molecule has 0 radical (unpaired) electrons. The maximum Gasteiger partial charge on any atom is 0.0758 e. The van der Waals surface area contributed by atoms with E-state index in [0.29, 0.717) is 6.42 Å². The summed E-state index contributed by atoms with van der Waals surface area (Å²) in [6, 6.07) is 13.0. The molecule has 1 atom stereocenters. The third kappa shape index (κ3) is 2.48. The molecule has 0 fully saturated rings. The Balaban J connectivity index is 2.17. The van der Waals surface area contributed by atoms with Crippen molar-refractivity contribution in [1.82, 2.24) is 0 Å². The molecular formula is C20H20O. The Morgan fingerprint density at radius 1 is 1.10 bits per heavy atom. The zero-order chi connectivity index (χ0) is 15.0. The van der Waals surface area contributed by atoms with E-state index in [1.807, 2.05) is 0 Å². The van der Waals surface area contributed by atoms with Gasteiger partial charge in [-0.05, 0) is 42.5 Å². The van der Waals surface area contributed by atoms with Crippen LogP contribution in [0.1, 0.15) is 45.7 Å². The number of hydrogen-bond acceptors (Lipinski definition) is 1. The van der Waals surface area contributed by atoms with Crippen LogP contribution in [0.5, 0.6) is 0 Å². The topological polar surface area (TPSA) is 20.2 Å². The molecule has 0 aromatic heterocycles. The second kappa shape index (κ2) is 5.39.